The van der Waals surface area contributed by atoms with E-state index in [1.54, 1.807) is 16.0 Å². The molecule has 1 aromatic heterocycles. The van der Waals surface area contributed by atoms with Gasteiger partial charge >= 0.3 is 0 Å². The van der Waals surface area contributed by atoms with E-state index in [0.717, 1.165) is 31.4 Å². The molecule has 1 unspecified atom stereocenters. The molecule has 1 atom stereocenters. The van der Waals surface area contributed by atoms with E-state index >= 15 is 0 Å². The molecule has 0 aliphatic carbocycles. The van der Waals surface area contributed by atoms with E-state index in [4.69, 9.17) is 4.74 Å². The minimum absolute atomic E-state index is 0.0764. The number of pyridine rings is 1. The Morgan fingerprint density at radius 1 is 1.32 bits per heavy atom. The topological polar surface area (TPSA) is 79.8 Å². The zero-order valence-corrected chi connectivity index (χ0v) is 18.8. The highest BCUT2D eigenvalue weighted by atomic mass is 16.5. The fourth-order valence-electron chi connectivity index (χ4n) is 4.20. The van der Waals surface area contributed by atoms with Crippen LogP contribution >= 0.6 is 0 Å². The summed E-state index contributed by atoms with van der Waals surface area (Å²) in [6, 6.07) is 5.80. The van der Waals surface area contributed by atoms with Crippen molar-refractivity contribution < 1.29 is 19.1 Å². The number of allylic oxidation sites excluding steroid dienone is 1. The molecule has 7 nitrogen and oxygen atoms in total. The zero-order chi connectivity index (χ0) is 22.4. The predicted octanol–water partition coefficient (Wildman–Crippen LogP) is 2.75. The van der Waals surface area contributed by atoms with Crippen LogP contribution in [0.15, 0.2) is 36.2 Å². The molecule has 1 saturated heterocycles. The molecule has 0 N–H and O–H groups in total. The van der Waals surface area contributed by atoms with Crippen LogP contribution in [0.5, 0.6) is 0 Å². The number of rotatable bonds is 7. The first-order chi connectivity index (χ1) is 14.7. The van der Waals surface area contributed by atoms with E-state index in [9.17, 15) is 14.4 Å². The van der Waals surface area contributed by atoms with Gasteiger partial charge in [-0.1, -0.05) is 6.07 Å². The number of hydrogen-bond acceptors (Lipinski definition) is 5. The summed E-state index contributed by atoms with van der Waals surface area (Å²) in [5.41, 5.74) is 0.322. The summed E-state index contributed by atoms with van der Waals surface area (Å²) in [4.78, 5) is 45.2. The van der Waals surface area contributed by atoms with Crippen molar-refractivity contribution in [2.75, 3.05) is 26.7 Å². The molecule has 1 fully saturated rings. The van der Waals surface area contributed by atoms with E-state index in [0.29, 0.717) is 26.1 Å². The highest BCUT2D eigenvalue weighted by molar-refractivity contribution is 6.01. The van der Waals surface area contributed by atoms with Gasteiger partial charge in [0.1, 0.15) is 5.60 Å². The first-order valence-corrected chi connectivity index (χ1v) is 11.1. The van der Waals surface area contributed by atoms with Crippen LogP contribution in [0.4, 0.5) is 0 Å². The Morgan fingerprint density at radius 3 is 2.84 bits per heavy atom. The molecule has 0 bridgehead atoms. The molecule has 7 heteroatoms. The molecule has 0 radical (unpaired) electrons. The number of likely N-dealkylation sites (tertiary alicyclic amines) is 1. The lowest BCUT2D eigenvalue weighted by Gasteiger charge is -2.36. The van der Waals surface area contributed by atoms with E-state index < -0.39 is 5.60 Å². The van der Waals surface area contributed by atoms with Gasteiger partial charge in [-0.3, -0.25) is 19.4 Å². The van der Waals surface area contributed by atoms with Crippen LogP contribution in [0.25, 0.3) is 0 Å². The normalized spacial score (nSPS) is 20.6. The third kappa shape index (κ3) is 6.64. The average molecular weight is 428 g/mol. The van der Waals surface area contributed by atoms with Crippen molar-refractivity contribution in [3.05, 3.63) is 41.9 Å². The summed E-state index contributed by atoms with van der Waals surface area (Å²) in [5, 5.41) is 0. The minimum atomic E-state index is -0.654. The summed E-state index contributed by atoms with van der Waals surface area (Å²) < 4.78 is 5.77. The Bertz CT molecular complexity index is 834. The quantitative estimate of drug-likeness (QED) is 0.669. The molecule has 3 heterocycles. The lowest BCUT2D eigenvalue weighted by molar-refractivity contribution is -0.139. The number of hydrogen-bond donors (Lipinski definition) is 0. The molecule has 31 heavy (non-hydrogen) atoms. The lowest BCUT2D eigenvalue weighted by atomic mass is 9.92. The number of ketones is 1. The first kappa shape index (κ1) is 23.0. The molecule has 2 aliphatic rings. The molecular formula is C24H33N3O4. The maximum absolute atomic E-state index is 12.9. The van der Waals surface area contributed by atoms with Crippen molar-refractivity contribution in [2.24, 2.45) is 5.92 Å². The molecule has 3 rings (SSSR count). The summed E-state index contributed by atoms with van der Waals surface area (Å²) in [6.07, 6.45) is 7.22. The van der Waals surface area contributed by atoms with E-state index in [1.165, 1.54) is 6.08 Å². The van der Waals surface area contributed by atoms with Gasteiger partial charge in [-0.25, -0.2) is 0 Å². The van der Waals surface area contributed by atoms with Gasteiger partial charge in [0.05, 0.1) is 0 Å². The second kappa shape index (κ2) is 10.1. The monoisotopic (exact) mass is 427 g/mol. The number of nitrogens with zero attached hydrogens (tertiary/aromatic N) is 3. The highest BCUT2D eigenvalue weighted by Crippen LogP contribution is 2.28. The van der Waals surface area contributed by atoms with Crippen molar-refractivity contribution in [2.45, 2.75) is 58.0 Å². The van der Waals surface area contributed by atoms with Crippen LogP contribution < -0.4 is 0 Å². The Morgan fingerprint density at radius 2 is 2.13 bits per heavy atom. The van der Waals surface area contributed by atoms with Gasteiger partial charge in [0.2, 0.25) is 5.91 Å². The molecule has 2 aliphatic heterocycles. The number of aromatic nitrogens is 1. The molecule has 168 valence electrons. The molecule has 0 aromatic carbocycles. The molecule has 2 amide bonds. The van der Waals surface area contributed by atoms with Gasteiger partial charge in [-0.05, 0) is 51.2 Å². The second-order valence-electron chi connectivity index (χ2n) is 9.20. The molecule has 0 saturated carbocycles. The van der Waals surface area contributed by atoms with E-state index in [2.05, 4.69) is 4.98 Å². The standard InChI is InChI=1S/C24H33N3O4/c1-24(2)16-20(28)15-21(31-24)23(30)27-13-6-7-18(17-27)9-10-22(29)26(3)14-11-19-8-4-5-12-25-19/h4-5,8,12,15,18H,6-7,9-11,13-14,16-17H2,1-3H3. The Balaban J connectivity index is 1.46. The van der Waals surface area contributed by atoms with Crippen molar-refractivity contribution in [1.82, 2.24) is 14.8 Å². The SMILES string of the molecule is CN(CCc1ccccn1)C(=O)CCC1CCCN(C(=O)C2=CC(=O)CC(C)(C)O2)C1. The molecule has 0 spiro atoms. The average Bonchev–Trinajstić information content (AvgIpc) is 2.74. The third-order valence-electron chi connectivity index (χ3n) is 5.92. The van der Waals surface area contributed by atoms with Gasteiger partial charge in [0.25, 0.3) is 5.91 Å². The fraction of sp³-hybridized carbons (Fsp3) is 0.583. The number of amides is 2. The van der Waals surface area contributed by atoms with Crippen LogP contribution in [-0.4, -0.2) is 64.7 Å². The number of piperidine rings is 1. The predicted molar refractivity (Wildman–Crippen MR) is 117 cm³/mol. The van der Waals surface area contributed by atoms with Crippen molar-refractivity contribution in [1.29, 1.82) is 0 Å². The highest BCUT2D eigenvalue weighted by Gasteiger charge is 2.35. The van der Waals surface area contributed by atoms with E-state index in [1.807, 2.05) is 39.1 Å². The molecular weight excluding hydrogens is 394 g/mol. The minimum Gasteiger partial charge on any atom is -0.481 e. The van der Waals surface area contributed by atoms with Crippen LogP contribution in [0.1, 0.15) is 51.6 Å². The van der Waals surface area contributed by atoms with Crippen LogP contribution in [0.2, 0.25) is 0 Å². The Kier molecular flexibility index (Phi) is 7.46. The fourth-order valence-corrected chi connectivity index (χ4v) is 4.20. The Hall–Kier alpha value is -2.70. The first-order valence-electron chi connectivity index (χ1n) is 11.1. The van der Waals surface area contributed by atoms with Crippen LogP contribution in [0, 0.1) is 5.92 Å². The summed E-state index contributed by atoms with van der Waals surface area (Å²) in [5.74, 6) is 0.244. The van der Waals surface area contributed by atoms with Crippen LogP contribution in [-0.2, 0) is 25.5 Å². The van der Waals surface area contributed by atoms with Gasteiger partial charge < -0.3 is 14.5 Å². The lowest BCUT2D eigenvalue weighted by Crippen LogP contribution is -2.44. The Labute approximate surface area is 184 Å². The third-order valence-corrected chi connectivity index (χ3v) is 5.92. The zero-order valence-electron chi connectivity index (χ0n) is 18.8. The van der Waals surface area contributed by atoms with Gasteiger partial charge in [-0.2, -0.15) is 0 Å². The maximum Gasteiger partial charge on any atom is 0.289 e. The second-order valence-corrected chi connectivity index (χ2v) is 9.20. The van der Waals surface area contributed by atoms with Crippen LogP contribution in [0.3, 0.4) is 0 Å². The number of likely N-dealkylation sites (N-methyl/N-ethyl adjacent to an activating group) is 1. The summed E-state index contributed by atoms with van der Waals surface area (Å²) in [6.45, 7) is 5.53. The van der Waals surface area contributed by atoms with Crippen molar-refractivity contribution in [3.8, 4) is 0 Å². The van der Waals surface area contributed by atoms with Gasteiger partial charge in [0, 0.05) is 63.9 Å². The summed E-state index contributed by atoms with van der Waals surface area (Å²) in [7, 11) is 1.83. The van der Waals surface area contributed by atoms with Crippen molar-refractivity contribution in [3.63, 3.8) is 0 Å². The largest absolute Gasteiger partial charge is 0.481 e. The molecule has 1 aromatic rings. The maximum atomic E-state index is 12.9. The number of carbonyl (C=O) groups is 3. The summed E-state index contributed by atoms with van der Waals surface area (Å²) >= 11 is 0. The number of ether oxygens (including phenoxy) is 1. The smallest absolute Gasteiger partial charge is 0.289 e. The van der Waals surface area contributed by atoms with E-state index in [-0.39, 0.29) is 35.7 Å². The van der Waals surface area contributed by atoms with Crippen molar-refractivity contribution >= 4 is 17.6 Å². The van der Waals surface area contributed by atoms with Gasteiger partial charge in [0.15, 0.2) is 11.5 Å². The number of carbonyl (C=O) groups excluding carboxylic acids is 3. The van der Waals surface area contributed by atoms with Gasteiger partial charge in [-0.15, -0.1) is 0 Å².